The van der Waals surface area contributed by atoms with Crippen molar-refractivity contribution in [3.63, 3.8) is 0 Å². The van der Waals surface area contributed by atoms with Crippen LogP contribution >= 0.6 is 11.6 Å². The van der Waals surface area contributed by atoms with Gasteiger partial charge in [-0.25, -0.2) is 0 Å². The lowest BCUT2D eigenvalue weighted by Crippen LogP contribution is -2.52. The van der Waals surface area contributed by atoms with Crippen LogP contribution in [0.25, 0.3) is 0 Å². The van der Waals surface area contributed by atoms with Gasteiger partial charge in [-0.3, -0.25) is 0 Å². The number of nitriles is 1. The highest BCUT2D eigenvalue weighted by molar-refractivity contribution is 6.32. The van der Waals surface area contributed by atoms with Gasteiger partial charge in [-0.05, 0) is 44.4 Å². The Bertz CT molecular complexity index is 597. The van der Waals surface area contributed by atoms with Gasteiger partial charge < -0.3 is 14.7 Å². The molecular formula is C17H21ClN2O2. The van der Waals surface area contributed by atoms with Gasteiger partial charge in [-0.2, -0.15) is 5.26 Å². The summed E-state index contributed by atoms with van der Waals surface area (Å²) < 4.78 is 5.62. The van der Waals surface area contributed by atoms with E-state index in [1.807, 2.05) is 19.1 Å². The molecular weight excluding hydrogens is 300 g/mol. The van der Waals surface area contributed by atoms with Crippen molar-refractivity contribution in [1.29, 1.82) is 5.26 Å². The van der Waals surface area contributed by atoms with E-state index in [0.717, 1.165) is 25.1 Å². The molecule has 0 amide bonds. The highest BCUT2D eigenvalue weighted by Gasteiger charge is 2.44. The summed E-state index contributed by atoms with van der Waals surface area (Å²) in [6, 6.07) is 7.91. The van der Waals surface area contributed by atoms with E-state index >= 15 is 0 Å². The highest BCUT2D eigenvalue weighted by Crippen LogP contribution is 2.38. The molecule has 2 heterocycles. The molecule has 0 saturated carbocycles. The number of halogens is 1. The third kappa shape index (κ3) is 2.81. The minimum atomic E-state index is -0.693. The van der Waals surface area contributed by atoms with Crippen LogP contribution in [-0.4, -0.2) is 36.5 Å². The third-order valence-corrected chi connectivity index (χ3v) is 5.33. The molecule has 0 bridgehead atoms. The summed E-state index contributed by atoms with van der Waals surface area (Å²) in [6.45, 7) is 4.08. The summed E-state index contributed by atoms with van der Waals surface area (Å²) in [5.41, 5.74) is 0.823. The van der Waals surface area contributed by atoms with Crippen molar-refractivity contribution in [2.24, 2.45) is 5.92 Å². The number of benzene rings is 1. The van der Waals surface area contributed by atoms with Crippen LogP contribution in [0.15, 0.2) is 18.2 Å². The van der Waals surface area contributed by atoms with Gasteiger partial charge in [-0.1, -0.05) is 11.6 Å². The summed E-state index contributed by atoms with van der Waals surface area (Å²) in [5.74, 6) is 0.0955. The van der Waals surface area contributed by atoms with Crippen molar-refractivity contribution < 1.29 is 9.84 Å². The molecule has 4 nitrogen and oxygen atoms in total. The topological polar surface area (TPSA) is 56.5 Å². The molecule has 3 rings (SSSR count). The second-order valence-electron chi connectivity index (χ2n) is 6.47. The zero-order chi connectivity index (χ0) is 15.7. The highest BCUT2D eigenvalue weighted by atomic mass is 35.5. The van der Waals surface area contributed by atoms with Crippen molar-refractivity contribution in [2.45, 2.75) is 37.8 Å². The average Bonchev–Trinajstić information content (AvgIpc) is 2.95. The smallest absolute Gasteiger partial charge is 0.101 e. The molecule has 1 N–H and O–H groups in total. The molecule has 1 aromatic carbocycles. The largest absolute Gasteiger partial charge is 0.390 e. The Labute approximate surface area is 136 Å². The van der Waals surface area contributed by atoms with Crippen LogP contribution in [0.2, 0.25) is 5.02 Å². The lowest BCUT2D eigenvalue weighted by molar-refractivity contribution is -0.108. The molecule has 0 aliphatic carbocycles. The minimum Gasteiger partial charge on any atom is -0.390 e. The number of rotatable bonds is 2. The van der Waals surface area contributed by atoms with E-state index in [9.17, 15) is 5.11 Å². The van der Waals surface area contributed by atoms with Gasteiger partial charge in [0.2, 0.25) is 0 Å². The first kappa shape index (κ1) is 15.6. The molecule has 118 valence electrons. The van der Waals surface area contributed by atoms with E-state index in [0.29, 0.717) is 30.2 Å². The van der Waals surface area contributed by atoms with Crippen LogP contribution < -0.4 is 4.90 Å². The van der Waals surface area contributed by atoms with E-state index in [1.54, 1.807) is 6.07 Å². The minimum absolute atomic E-state index is 0.0955. The van der Waals surface area contributed by atoms with Crippen molar-refractivity contribution >= 4 is 17.3 Å². The molecule has 0 unspecified atom stereocenters. The van der Waals surface area contributed by atoms with Gasteiger partial charge >= 0.3 is 0 Å². The average molecular weight is 321 g/mol. The van der Waals surface area contributed by atoms with E-state index in [1.165, 1.54) is 0 Å². The summed E-state index contributed by atoms with van der Waals surface area (Å²) in [5, 5.41) is 20.2. The van der Waals surface area contributed by atoms with E-state index in [2.05, 4.69) is 11.0 Å². The maximum absolute atomic E-state index is 10.7. The zero-order valence-electron chi connectivity index (χ0n) is 12.8. The number of ether oxygens (including phenoxy) is 1. The van der Waals surface area contributed by atoms with Crippen molar-refractivity contribution in [3.05, 3.63) is 28.8 Å². The van der Waals surface area contributed by atoms with Crippen LogP contribution in [-0.2, 0) is 4.74 Å². The second kappa shape index (κ2) is 6.08. The van der Waals surface area contributed by atoms with E-state index in [-0.39, 0.29) is 12.0 Å². The van der Waals surface area contributed by atoms with E-state index < -0.39 is 5.60 Å². The number of nitrogens with zero attached hydrogens (tertiary/aromatic N) is 2. The van der Waals surface area contributed by atoms with Crippen LogP contribution in [0, 0.1) is 17.2 Å². The van der Waals surface area contributed by atoms with Crippen LogP contribution in [0.5, 0.6) is 0 Å². The Balaban J connectivity index is 1.87. The zero-order valence-corrected chi connectivity index (χ0v) is 13.5. The Hall–Kier alpha value is -1.28. The quantitative estimate of drug-likeness (QED) is 0.910. The van der Waals surface area contributed by atoms with Crippen molar-refractivity contribution in [1.82, 2.24) is 0 Å². The molecule has 2 saturated heterocycles. The fourth-order valence-electron chi connectivity index (χ4n) is 3.68. The van der Waals surface area contributed by atoms with Crippen LogP contribution in [0.1, 0.15) is 31.7 Å². The number of aliphatic hydroxyl groups is 1. The monoisotopic (exact) mass is 320 g/mol. The summed E-state index contributed by atoms with van der Waals surface area (Å²) >= 11 is 6.17. The molecule has 3 atom stereocenters. The Morgan fingerprint density at radius 2 is 2.32 bits per heavy atom. The summed E-state index contributed by atoms with van der Waals surface area (Å²) in [6.07, 6.45) is 2.81. The van der Waals surface area contributed by atoms with Gasteiger partial charge in [0, 0.05) is 30.8 Å². The summed E-state index contributed by atoms with van der Waals surface area (Å²) in [4.78, 5) is 2.31. The Kier molecular flexibility index (Phi) is 4.31. The van der Waals surface area contributed by atoms with Crippen molar-refractivity contribution in [3.8, 4) is 6.07 Å². The second-order valence-corrected chi connectivity index (χ2v) is 6.87. The predicted molar refractivity (Wildman–Crippen MR) is 86.1 cm³/mol. The molecule has 0 spiro atoms. The van der Waals surface area contributed by atoms with Gasteiger partial charge in [0.1, 0.15) is 6.07 Å². The standard InChI is InChI=1S/C17H21ClN2O2/c1-17(21)6-8-22-11-14(17)16-3-2-7-20(16)13-5-4-12(10-19)15(18)9-13/h4-5,9,14,16,21H,2-3,6-8,11H2,1H3/t14-,16-,17+/m1/s1. The van der Waals surface area contributed by atoms with Gasteiger partial charge in [0.05, 0.1) is 22.8 Å². The maximum atomic E-state index is 10.7. The maximum Gasteiger partial charge on any atom is 0.101 e. The number of anilines is 1. The van der Waals surface area contributed by atoms with Crippen LogP contribution in [0.4, 0.5) is 5.69 Å². The molecule has 22 heavy (non-hydrogen) atoms. The Morgan fingerprint density at radius 3 is 3.00 bits per heavy atom. The first-order chi connectivity index (χ1) is 10.5. The number of hydrogen-bond donors (Lipinski definition) is 1. The van der Waals surface area contributed by atoms with Gasteiger partial charge in [-0.15, -0.1) is 0 Å². The molecule has 1 aromatic rings. The molecule has 2 aliphatic heterocycles. The normalized spacial score (nSPS) is 32.0. The fraction of sp³-hybridized carbons (Fsp3) is 0.588. The van der Waals surface area contributed by atoms with Gasteiger partial charge in [0.25, 0.3) is 0 Å². The molecule has 2 aliphatic rings. The van der Waals surface area contributed by atoms with E-state index in [4.69, 9.17) is 21.6 Å². The molecule has 0 radical (unpaired) electrons. The SMILES string of the molecule is C[C@]1(O)CCOC[C@@H]1[C@H]1CCCN1c1ccc(C#N)c(Cl)c1. The summed E-state index contributed by atoms with van der Waals surface area (Å²) in [7, 11) is 0. The lowest BCUT2D eigenvalue weighted by Gasteiger charge is -2.43. The molecule has 2 fully saturated rings. The number of hydrogen-bond acceptors (Lipinski definition) is 4. The van der Waals surface area contributed by atoms with Gasteiger partial charge in [0.15, 0.2) is 0 Å². The lowest BCUT2D eigenvalue weighted by atomic mass is 9.79. The van der Waals surface area contributed by atoms with Crippen molar-refractivity contribution in [2.75, 3.05) is 24.7 Å². The Morgan fingerprint density at radius 1 is 1.50 bits per heavy atom. The first-order valence-corrected chi connectivity index (χ1v) is 8.17. The predicted octanol–water partition coefficient (Wildman–Crippen LogP) is 2.97. The van der Waals surface area contributed by atoms with Crippen LogP contribution in [0.3, 0.4) is 0 Å². The fourth-order valence-corrected chi connectivity index (χ4v) is 3.90. The molecule has 5 heteroatoms. The first-order valence-electron chi connectivity index (χ1n) is 7.79. The third-order valence-electron chi connectivity index (χ3n) is 5.02. The molecule has 0 aromatic heterocycles.